The number of aromatic amines is 1. The SMILES string of the molecule is OCC(CCl)Oc1cccc2[nH]ccc12. The standard InChI is InChI=1S/C11H12ClNO2/c12-6-8(7-14)15-11-3-1-2-10-9(11)4-5-13-10/h1-5,8,13-14H,6-7H2. The molecule has 80 valence electrons. The minimum Gasteiger partial charge on any atom is -0.486 e. The maximum Gasteiger partial charge on any atom is 0.135 e. The summed E-state index contributed by atoms with van der Waals surface area (Å²) >= 11 is 5.65. The Labute approximate surface area is 92.6 Å². The van der Waals surface area contributed by atoms with Crippen LogP contribution in [0.3, 0.4) is 0 Å². The Bertz CT molecular complexity index is 437. The van der Waals surface area contributed by atoms with E-state index in [1.54, 1.807) is 0 Å². The first-order valence-electron chi connectivity index (χ1n) is 4.74. The lowest BCUT2D eigenvalue weighted by Crippen LogP contribution is -2.22. The van der Waals surface area contributed by atoms with Crippen molar-refractivity contribution < 1.29 is 9.84 Å². The molecule has 0 aliphatic heterocycles. The number of ether oxygens (including phenoxy) is 1. The fraction of sp³-hybridized carbons (Fsp3) is 0.273. The minimum atomic E-state index is -0.354. The van der Waals surface area contributed by atoms with E-state index in [9.17, 15) is 0 Å². The lowest BCUT2D eigenvalue weighted by atomic mass is 10.2. The van der Waals surface area contributed by atoms with E-state index in [0.29, 0.717) is 0 Å². The van der Waals surface area contributed by atoms with E-state index >= 15 is 0 Å². The third-order valence-electron chi connectivity index (χ3n) is 2.22. The van der Waals surface area contributed by atoms with E-state index < -0.39 is 0 Å². The van der Waals surface area contributed by atoms with Gasteiger partial charge in [0.25, 0.3) is 0 Å². The number of nitrogens with one attached hydrogen (secondary N) is 1. The van der Waals surface area contributed by atoms with Gasteiger partial charge in [-0.15, -0.1) is 11.6 Å². The number of rotatable bonds is 4. The van der Waals surface area contributed by atoms with E-state index in [4.69, 9.17) is 21.4 Å². The van der Waals surface area contributed by atoms with Crippen molar-refractivity contribution in [3.05, 3.63) is 30.5 Å². The van der Waals surface area contributed by atoms with Crippen LogP contribution in [0.2, 0.25) is 0 Å². The molecule has 0 spiro atoms. The van der Waals surface area contributed by atoms with Crippen molar-refractivity contribution in [2.24, 2.45) is 0 Å². The largest absolute Gasteiger partial charge is 0.486 e. The Morgan fingerprint density at radius 1 is 1.40 bits per heavy atom. The van der Waals surface area contributed by atoms with Gasteiger partial charge in [-0.1, -0.05) is 6.07 Å². The first kappa shape index (κ1) is 10.3. The summed E-state index contributed by atoms with van der Waals surface area (Å²) in [4.78, 5) is 3.09. The molecule has 0 bridgehead atoms. The number of aliphatic hydroxyl groups is 1. The van der Waals surface area contributed by atoms with Gasteiger partial charge in [0, 0.05) is 17.1 Å². The van der Waals surface area contributed by atoms with E-state index in [2.05, 4.69) is 4.98 Å². The molecule has 0 aliphatic carbocycles. The molecule has 15 heavy (non-hydrogen) atoms. The Hall–Kier alpha value is -1.19. The number of benzene rings is 1. The highest BCUT2D eigenvalue weighted by Gasteiger charge is 2.09. The summed E-state index contributed by atoms with van der Waals surface area (Å²) in [5.74, 6) is 1.02. The molecule has 1 heterocycles. The number of aromatic nitrogens is 1. The second-order valence-electron chi connectivity index (χ2n) is 3.27. The summed E-state index contributed by atoms with van der Waals surface area (Å²) in [7, 11) is 0. The molecule has 0 aliphatic rings. The molecule has 1 atom stereocenters. The van der Waals surface area contributed by atoms with Crippen LogP contribution in [0, 0.1) is 0 Å². The van der Waals surface area contributed by atoms with Crippen LogP contribution in [0.1, 0.15) is 0 Å². The zero-order valence-electron chi connectivity index (χ0n) is 8.11. The molecule has 0 radical (unpaired) electrons. The summed E-state index contributed by atoms with van der Waals surface area (Å²) in [6, 6.07) is 7.67. The Balaban J connectivity index is 2.30. The highest BCUT2D eigenvalue weighted by molar-refractivity contribution is 6.18. The van der Waals surface area contributed by atoms with Gasteiger partial charge in [0.2, 0.25) is 0 Å². The smallest absolute Gasteiger partial charge is 0.135 e. The van der Waals surface area contributed by atoms with Crippen molar-refractivity contribution >= 4 is 22.5 Å². The topological polar surface area (TPSA) is 45.2 Å². The van der Waals surface area contributed by atoms with Crippen LogP contribution >= 0.6 is 11.6 Å². The second kappa shape index (κ2) is 4.55. The van der Waals surface area contributed by atoms with E-state index in [1.165, 1.54) is 0 Å². The second-order valence-corrected chi connectivity index (χ2v) is 3.58. The van der Waals surface area contributed by atoms with Crippen molar-refractivity contribution in [2.45, 2.75) is 6.10 Å². The molecular formula is C11H12ClNO2. The summed E-state index contributed by atoms with van der Waals surface area (Å²) in [6.07, 6.45) is 1.50. The van der Waals surface area contributed by atoms with Gasteiger partial charge in [-0.05, 0) is 18.2 Å². The Kier molecular flexibility index (Phi) is 3.14. The molecule has 0 saturated heterocycles. The van der Waals surface area contributed by atoms with Crippen molar-refractivity contribution in [1.82, 2.24) is 4.98 Å². The van der Waals surface area contributed by atoms with E-state index in [1.807, 2.05) is 30.5 Å². The first-order valence-corrected chi connectivity index (χ1v) is 5.28. The molecular weight excluding hydrogens is 214 g/mol. The van der Waals surface area contributed by atoms with Crippen molar-refractivity contribution in [1.29, 1.82) is 0 Å². The predicted octanol–water partition coefficient (Wildman–Crippen LogP) is 2.15. The van der Waals surface area contributed by atoms with E-state index in [-0.39, 0.29) is 18.6 Å². The van der Waals surface area contributed by atoms with Gasteiger partial charge in [0.15, 0.2) is 0 Å². The summed E-state index contributed by atoms with van der Waals surface area (Å²) < 4.78 is 5.58. The lowest BCUT2D eigenvalue weighted by Gasteiger charge is -2.14. The fourth-order valence-electron chi connectivity index (χ4n) is 1.46. The number of hydrogen-bond donors (Lipinski definition) is 2. The molecule has 2 aromatic rings. The molecule has 0 saturated carbocycles. The van der Waals surface area contributed by atoms with Gasteiger partial charge < -0.3 is 14.8 Å². The van der Waals surface area contributed by atoms with Gasteiger partial charge in [-0.3, -0.25) is 0 Å². The lowest BCUT2D eigenvalue weighted by molar-refractivity contribution is 0.133. The van der Waals surface area contributed by atoms with Crippen LogP contribution in [0.4, 0.5) is 0 Å². The number of fused-ring (bicyclic) bond motifs is 1. The van der Waals surface area contributed by atoms with Crippen LogP contribution < -0.4 is 4.74 Å². The quantitative estimate of drug-likeness (QED) is 0.784. The molecule has 2 rings (SSSR count). The zero-order valence-corrected chi connectivity index (χ0v) is 8.87. The van der Waals surface area contributed by atoms with Crippen molar-refractivity contribution in [3.63, 3.8) is 0 Å². The van der Waals surface area contributed by atoms with Crippen LogP contribution in [-0.4, -0.2) is 28.7 Å². The minimum absolute atomic E-state index is 0.0791. The van der Waals surface area contributed by atoms with E-state index in [0.717, 1.165) is 16.7 Å². The monoisotopic (exact) mass is 225 g/mol. The molecule has 0 amide bonds. The number of halogens is 1. The molecule has 1 unspecified atom stereocenters. The molecule has 3 nitrogen and oxygen atoms in total. The van der Waals surface area contributed by atoms with Crippen LogP contribution in [-0.2, 0) is 0 Å². The summed E-state index contributed by atoms with van der Waals surface area (Å²) in [5.41, 5.74) is 1.01. The third-order valence-corrected chi connectivity index (χ3v) is 2.57. The average molecular weight is 226 g/mol. The van der Waals surface area contributed by atoms with Crippen molar-refractivity contribution in [2.75, 3.05) is 12.5 Å². The average Bonchev–Trinajstić information content (AvgIpc) is 2.74. The maximum atomic E-state index is 8.99. The zero-order chi connectivity index (χ0) is 10.7. The predicted molar refractivity (Wildman–Crippen MR) is 60.5 cm³/mol. The van der Waals surface area contributed by atoms with Gasteiger partial charge >= 0.3 is 0 Å². The first-order chi connectivity index (χ1) is 7.35. The highest BCUT2D eigenvalue weighted by atomic mass is 35.5. The number of hydrogen-bond acceptors (Lipinski definition) is 2. The molecule has 1 aromatic carbocycles. The van der Waals surface area contributed by atoms with Gasteiger partial charge in [-0.2, -0.15) is 0 Å². The summed E-state index contributed by atoms with van der Waals surface area (Å²) in [5, 5.41) is 9.99. The molecule has 0 fully saturated rings. The Morgan fingerprint density at radius 2 is 2.27 bits per heavy atom. The number of H-pyrrole nitrogens is 1. The normalized spacial score (nSPS) is 12.9. The third kappa shape index (κ3) is 2.08. The van der Waals surface area contributed by atoms with Crippen molar-refractivity contribution in [3.8, 4) is 5.75 Å². The van der Waals surface area contributed by atoms with Gasteiger partial charge in [-0.25, -0.2) is 0 Å². The van der Waals surface area contributed by atoms with Gasteiger partial charge in [0.05, 0.1) is 12.5 Å². The Morgan fingerprint density at radius 3 is 3.00 bits per heavy atom. The summed E-state index contributed by atoms with van der Waals surface area (Å²) in [6.45, 7) is -0.0791. The fourth-order valence-corrected chi connectivity index (χ4v) is 1.62. The van der Waals surface area contributed by atoms with Gasteiger partial charge in [0.1, 0.15) is 11.9 Å². The highest BCUT2D eigenvalue weighted by Crippen LogP contribution is 2.25. The van der Waals surface area contributed by atoms with Crippen LogP contribution in [0.15, 0.2) is 30.5 Å². The molecule has 1 aromatic heterocycles. The molecule has 2 N–H and O–H groups in total. The van der Waals surface area contributed by atoms with Crippen LogP contribution in [0.25, 0.3) is 10.9 Å². The van der Waals surface area contributed by atoms with Crippen LogP contribution in [0.5, 0.6) is 5.75 Å². The number of aliphatic hydroxyl groups excluding tert-OH is 1. The number of alkyl halides is 1. The maximum absolute atomic E-state index is 8.99. The molecule has 4 heteroatoms.